The second-order valence-electron chi connectivity index (χ2n) is 2.78. The molecule has 0 saturated carbocycles. The van der Waals surface area contributed by atoms with Gasteiger partial charge in [0, 0.05) is 30.6 Å². The predicted molar refractivity (Wildman–Crippen MR) is 51.1 cm³/mol. The van der Waals surface area contributed by atoms with Gasteiger partial charge in [0.15, 0.2) is 5.65 Å². The lowest BCUT2D eigenvalue weighted by atomic mass is 10.2. The molecular formula is C9H10N4. The number of nitrogens with two attached hydrogens (primary N) is 1. The first-order valence-electron chi connectivity index (χ1n) is 3.99. The Hall–Kier alpha value is -1.68. The summed E-state index contributed by atoms with van der Waals surface area (Å²) in [5.74, 6) is 0. The van der Waals surface area contributed by atoms with Crippen molar-refractivity contribution in [2.45, 2.75) is 0 Å². The van der Waals surface area contributed by atoms with Crippen LogP contribution in [0.15, 0.2) is 31.2 Å². The van der Waals surface area contributed by atoms with E-state index in [1.807, 2.05) is 12.3 Å². The number of aromatic nitrogens is 3. The molecule has 0 fully saturated rings. The zero-order valence-electron chi connectivity index (χ0n) is 7.14. The van der Waals surface area contributed by atoms with E-state index in [-0.39, 0.29) is 0 Å². The molecule has 0 radical (unpaired) electrons. The first-order valence-corrected chi connectivity index (χ1v) is 3.99. The molecule has 2 aromatic heterocycles. The fourth-order valence-electron chi connectivity index (χ4n) is 1.11. The number of hydrogen-bond donors (Lipinski definition) is 1. The molecule has 4 nitrogen and oxygen atoms in total. The average Bonchev–Trinajstić information content (AvgIpc) is 2.63. The predicted octanol–water partition coefficient (Wildman–Crippen LogP) is 0.701. The van der Waals surface area contributed by atoms with Crippen molar-refractivity contribution in [3.05, 3.63) is 36.8 Å². The molecule has 0 aliphatic rings. The van der Waals surface area contributed by atoms with Gasteiger partial charge in [-0.15, -0.1) is 0 Å². The second kappa shape index (κ2) is 2.99. The smallest absolute Gasteiger partial charge is 0.154 e. The highest BCUT2D eigenvalue weighted by Crippen LogP contribution is 2.09. The molecule has 2 aromatic rings. The number of hydrogen-bond acceptors (Lipinski definition) is 3. The molecule has 0 aromatic carbocycles. The molecule has 0 aliphatic carbocycles. The topological polar surface area (TPSA) is 56.2 Å². The van der Waals surface area contributed by atoms with E-state index in [4.69, 9.17) is 5.73 Å². The summed E-state index contributed by atoms with van der Waals surface area (Å²) in [6.07, 6.45) is 5.33. The van der Waals surface area contributed by atoms with Crippen LogP contribution >= 0.6 is 0 Å². The van der Waals surface area contributed by atoms with Crippen LogP contribution in [0.3, 0.4) is 0 Å². The quantitative estimate of drug-likeness (QED) is 0.729. The Balaban J connectivity index is 2.54. The lowest BCUT2D eigenvalue weighted by molar-refractivity contribution is 0.933. The molecule has 0 aliphatic heterocycles. The molecule has 66 valence electrons. The summed E-state index contributed by atoms with van der Waals surface area (Å²) in [7, 11) is 0. The van der Waals surface area contributed by atoms with Gasteiger partial charge in [-0.2, -0.15) is 5.10 Å². The van der Waals surface area contributed by atoms with Crippen molar-refractivity contribution < 1.29 is 0 Å². The van der Waals surface area contributed by atoms with Crippen LogP contribution in [0.2, 0.25) is 0 Å². The van der Waals surface area contributed by atoms with Crippen LogP contribution in [0.1, 0.15) is 5.56 Å². The van der Waals surface area contributed by atoms with Crippen LogP contribution in [0.5, 0.6) is 0 Å². The molecule has 0 bridgehead atoms. The summed E-state index contributed by atoms with van der Waals surface area (Å²) in [5.41, 5.74) is 8.09. The van der Waals surface area contributed by atoms with Gasteiger partial charge in [0.2, 0.25) is 0 Å². The highest BCUT2D eigenvalue weighted by atomic mass is 15.2. The van der Waals surface area contributed by atoms with E-state index in [1.54, 1.807) is 16.9 Å². The number of rotatable bonds is 2. The van der Waals surface area contributed by atoms with Crippen LogP contribution in [0.4, 0.5) is 0 Å². The molecule has 2 rings (SSSR count). The summed E-state index contributed by atoms with van der Waals surface area (Å²) >= 11 is 0. The van der Waals surface area contributed by atoms with Crippen molar-refractivity contribution in [3.8, 4) is 0 Å². The summed E-state index contributed by atoms with van der Waals surface area (Å²) in [4.78, 5) is 4.19. The minimum absolute atomic E-state index is 0.439. The third-order valence-corrected chi connectivity index (χ3v) is 1.90. The largest absolute Gasteiger partial charge is 0.326 e. The lowest BCUT2D eigenvalue weighted by Crippen LogP contribution is -2.02. The van der Waals surface area contributed by atoms with E-state index in [0.29, 0.717) is 6.54 Å². The molecule has 0 saturated heterocycles. The van der Waals surface area contributed by atoms with Gasteiger partial charge in [0.1, 0.15) is 0 Å². The zero-order chi connectivity index (χ0) is 9.26. The Morgan fingerprint density at radius 2 is 2.46 bits per heavy atom. The molecule has 2 heterocycles. The maximum atomic E-state index is 5.47. The summed E-state index contributed by atoms with van der Waals surface area (Å²) in [5, 5.41) is 4.07. The highest BCUT2D eigenvalue weighted by Gasteiger charge is 1.99. The Kier molecular flexibility index (Phi) is 1.83. The van der Waals surface area contributed by atoms with Gasteiger partial charge in [0.25, 0.3) is 0 Å². The third kappa shape index (κ3) is 1.31. The van der Waals surface area contributed by atoms with Crippen LogP contribution in [-0.4, -0.2) is 21.1 Å². The molecule has 0 unspecified atom stereocenters. The van der Waals surface area contributed by atoms with Crippen LogP contribution in [0, 0.1) is 0 Å². The Bertz CT molecular complexity index is 444. The van der Waals surface area contributed by atoms with E-state index < -0.39 is 0 Å². The highest BCUT2D eigenvalue weighted by molar-refractivity contribution is 5.63. The maximum absolute atomic E-state index is 5.47. The minimum atomic E-state index is 0.439. The number of nitrogens with zero attached hydrogens (tertiary/aromatic N) is 3. The van der Waals surface area contributed by atoms with Gasteiger partial charge in [-0.1, -0.05) is 6.58 Å². The normalized spacial score (nSPS) is 10.5. The molecular weight excluding hydrogens is 164 g/mol. The van der Waals surface area contributed by atoms with Crippen molar-refractivity contribution in [2.24, 2.45) is 5.73 Å². The van der Waals surface area contributed by atoms with Gasteiger partial charge in [-0.05, 0) is 5.57 Å². The average molecular weight is 174 g/mol. The van der Waals surface area contributed by atoms with Gasteiger partial charge in [-0.3, -0.25) is 0 Å². The van der Waals surface area contributed by atoms with Gasteiger partial charge >= 0.3 is 0 Å². The van der Waals surface area contributed by atoms with E-state index in [9.17, 15) is 0 Å². The molecule has 2 N–H and O–H groups in total. The molecule has 0 atom stereocenters. The van der Waals surface area contributed by atoms with Crippen LogP contribution in [-0.2, 0) is 0 Å². The van der Waals surface area contributed by atoms with E-state index in [2.05, 4.69) is 16.7 Å². The minimum Gasteiger partial charge on any atom is -0.326 e. The number of fused-ring (bicyclic) bond motifs is 1. The van der Waals surface area contributed by atoms with E-state index in [0.717, 1.165) is 16.8 Å². The fraction of sp³-hybridized carbons (Fsp3) is 0.111. The first-order chi connectivity index (χ1) is 6.31. The Morgan fingerprint density at radius 1 is 1.62 bits per heavy atom. The van der Waals surface area contributed by atoms with Crippen molar-refractivity contribution in [3.63, 3.8) is 0 Å². The van der Waals surface area contributed by atoms with Gasteiger partial charge in [0.05, 0.1) is 6.20 Å². The molecule has 0 amide bonds. The van der Waals surface area contributed by atoms with Gasteiger partial charge < -0.3 is 5.73 Å². The Morgan fingerprint density at radius 3 is 3.23 bits per heavy atom. The fourth-order valence-corrected chi connectivity index (χ4v) is 1.11. The van der Waals surface area contributed by atoms with Crippen LogP contribution < -0.4 is 5.73 Å². The molecule has 13 heavy (non-hydrogen) atoms. The first kappa shape index (κ1) is 7.94. The SMILES string of the molecule is C=C(CN)c1cnc2ccnn2c1. The zero-order valence-corrected chi connectivity index (χ0v) is 7.14. The molecule has 4 heteroatoms. The summed E-state index contributed by atoms with van der Waals surface area (Å²) in [6.45, 7) is 4.27. The third-order valence-electron chi connectivity index (χ3n) is 1.90. The molecule has 0 spiro atoms. The van der Waals surface area contributed by atoms with E-state index in [1.165, 1.54) is 0 Å². The summed E-state index contributed by atoms with van der Waals surface area (Å²) < 4.78 is 1.70. The van der Waals surface area contributed by atoms with Gasteiger partial charge in [-0.25, -0.2) is 9.50 Å². The Labute approximate surface area is 75.7 Å². The lowest BCUT2D eigenvalue weighted by Gasteiger charge is -2.01. The monoisotopic (exact) mass is 174 g/mol. The second-order valence-corrected chi connectivity index (χ2v) is 2.78. The van der Waals surface area contributed by atoms with Crippen molar-refractivity contribution in [1.29, 1.82) is 0 Å². The van der Waals surface area contributed by atoms with Crippen molar-refractivity contribution in [2.75, 3.05) is 6.54 Å². The van der Waals surface area contributed by atoms with Crippen LogP contribution in [0.25, 0.3) is 11.2 Å². The van der Waals surface area contributed by atoms with E-state index >= 15 is 0 Å². The maximum Gasteiger partial charge on any atom is 0.154 e. The standard InChI is InChI=1S/C9H10N4/c1-7(4-10)8-5-11-9-2-3-12-13(9)6-8/h2-3,5-6H,1,4,10H2. The van der Waals surface area contributed by atoms with Crippen molar-refractivity contribution >= 4 is 11.2 Å². The van der Waals surface area contributed by atoms with Crippen molar-refractivity contribution in [1.82, 2.24) is 14.6 Å². The summed E-state index contributed by atoms with van der Waals surface area (Å²) in [6, 6.07) is 1.84.